The van der Waals surface area contributed by atoms with Crippen LogP contribution in [-0.2, 0) is 4.79 Å². The monoisotopic (exact) mass is 330 g/mol. The molecule has 0 bridgehead atoms. The van der Waals surface area contributed by atoms with Crippen molar-refractivity contribution in [1.82, 2.24) is 0 Å². The zero-order chi connectivity index (χ0) is 14.0. The fraction of sp³-hybridized carbons (Fsp3) is 0.462. The van der Waals surface area contributed by atoms with Crippen LogP contribution in [-0.4, -0.2) is 29.4 Å². The molecule has 1 aromatic carbocycles. The van der Waals surface area contributed by atoms with Crippen molar-refractivity contribution in [3.8, 4) is 11.5 Å². The highest BCUT2D eigenvalue weighted by Crippen LogP contribution is 2.41. The molecule has 0 amide bonds. The predicted octanol–water partition coefficient (Wildman–Crippen LogP) is 2.36. The second-order valence-corrected chi connectivity index (χ2v) is 5.40. The van der Waals surface area contributed by atoms with Crippen molar-refractivity contribution >= 4 is 21.9 Å². The number of benzene rings is 1. The Kier molecular flexibility index (Phi) is 4.31. The molecule has 0 saturated heterocycles. The Morgan fingerprint density at radius 2 is 2.11 bits per heavy atom. The van der Waals surface area contributed by atoms with E-state index in [1.165, 1.54) is 0 Å². The highest BCUT2D eigenvalue weighted by Gasteiger charge is 2.23. The summed E-state index contributed by atoms with van der Waals surface area (Å²) in [4.78, 5) is 10.7. The van der Waals surface area contributed by atoms with Gasteiger partial charge in [-0.25, -0.2) is 0 Å². The fourth-order valence-electron chi connectivity index (χ4n) is 2.02. The van der Waals surface area contributed by atoms with Crippen molar-refractivity contribution < 1.29 is 24.5 Å². The largest absolute Gasteiger partial charge is 0.486 e. The Hall–Kier alpha value is -1.27. The number of aliphatic hydroxyl groups excluding tert-OH is 1. The molecular weight excluding hydrogens is 316 g/mol. The molecule has 2 atom stereocenters. The van der Waals surface area contributed by atoms with Crippen molar-refractivity contribution in [1.29, 1.82) is 0 Å². The van der Waals surface area contributed by atoms with E-state index < -0.39 is 12.1 Å². The van der Waals surface area contributed by atoms with Gasteiger partial charge in [0.15, 0.2) is 11.5 Å². The number of hydrogen-bond acceptors (Lipinski definition) is 4. The van der Waals surface area contributed by atoms with Gasteiger partial charge in [-0.2, -0.15) is 0 Å². The lowest BCUT2D eigenvalue weighted by molar-refractivity contribution is -0.139. The van der Waals surface area contributed by atoms with Gasteiger partial charge < -0.3 is 19.7 Å². The second kappa shape index (κ2) is 5.79. The molecular formula is C13H15BrO5. The number of carbonyl (C=O) groups is 1. The molecule has 0 saturated carbocycles. The number of aliphatic hydroxyl groups is 1. The standard InChI is InChI=1S/C13H15BrO5/c1-7(4-11(15)16)12(17)8-5-9(14)13-10(6-8)18-2-3-19-13/h5-7,12,17H,2-4H2,1H3,(H,15,16). The zero-order valence-electron chi connectivity index (χ0n) is 10.4. The molecule has 0 spiro atoms. The molecule has 0 aromatic heterocycles. The van der Waals surface area contributed by atoms with E-state index in [9.17, 15) is 9.90 Å². The molecule has 1 aliphatic rings. The Balaban J connectivity index is 2.25. The Morgan fingerprint density at radius 3 is 2.79 bits per heavy atom. The summed E-state index contributed by atoms with van der Waals surface area (Å²) in [5.74, 6) is -0.125. The molecule has 1 aromatic rings. The highest BCUT2D eigenvalue weighted by molar-refractivity contribution is 9.10. The molecule has 1 aliphatic heterocycles. The average Bonchev–Trinajstić information content (AvgIpc) is 2.37. The molecule has 6 heteroatoms. The number of halogens is 1. The minimum Gasteiger partial charge on any atom is -0.486 e. The van der Waals surface area contributed by atoms with Crippen LogP contribution in [0, 0.1) is 5.92 Å². The molecule has 0 aliphatic carbocycles. The SMILES string of the molecule is CC(CC(=O)O)C(O)c1cc(Br)c2c(c1)OCCO2. The van der Waals surface area contributed by atoms with E-state index in [0.717, 1.165) is 0 Å². The van der Waals surface area contributed by atoms with Gasteiger partial charge in [0.1, 0.15) is 13.2 Å². The smallest absolute Gasteiger partial charge is 0.303 e. The van der Waals surface area contributed by atoms with E-state index in [1.54, 1.807) is 19.1 Å². The molecule has 2 unspecified atom stereocenters. The van der Waals surface area contributed by atoms with Gasteiger partial charge in [-0.15, -0.1) is 0 Å². The second-order valence-electron chi connectivity index (χ2n) is 4.55. The maximum Gasteiger partial charge on any atom is 0.303 e. The lowest BCUT2D eigenvalue weighted by Crippen LogP contribution is -2.17. The van der Waals surface area contributed by atoms with Gasteiger partial charge in [-0.1, -0.05) is 6.92 Å². The first-order chi connectivity index (χ1) is 8.99. The van der Waals surface area contributed by atoms with Gasteiger partial charge >= 0.3 is 5.97 Å². The van der Waals surface area contributed by atoms with E-state index in [-0.39, 0.29) is 12.3 Å². The Labute approximate surface area is 119 Å². The number of carboxylic acid groups (broad SMARTS) is 1. The van der Waals surface area contributed by atoms with Crippen LogP contribution in [0.3, 0.4) is 0 Å². The van der Waals surface area contributed by atoms with Crippen LogP contribution in [0.25, 0.3) is 0 Å². The average molecular weight is 331 g/mol. The first kappa shape index (κ1) is 14.1. The van der Waals surface area contributed by atoms with Gasteiger partial charge in [0.2, 0.25) is 0 Å². The van der Waals surface area contributed by atoms with Crippen LogP contribution in [0.2, 0.25) is 0 Å². The number of carboxylic acids is 1. The number of hydrogen-bond donors (Lipinski definition) is 2. The van der Waals surface area contributed by atoms with Crippen LogP contribution in [0.1, 0.15) is 25.0 Å². The summed E-state index contributed by atoms with van der Waals surface area (Å²) in [7, 11) is 0. The topological polar surface area (TPSA) is 76.0 Å². The molecule has 19 heavy (non-hydrogen) atoms. The van der Waals surface area contributed by atoms with E-state index in [2.05, 4.69) is 15.9 Å². The van der Waals surface area contributed by atoms with Crippen molar-refractivity contribution in [3.63, 3.8) is 0 Å². The summed E-state index contributed by atoms with van der Waals surface area (Å²) in [5.41, 5.74) is 0.616. The van der Waals surface area contributed by atoms with Gasteiger partial charge in [-0.3, -0.25) is 4.79 Å². The minimum absolute atomic E-state index is 0.0901. The van der Waals surface area contributed by atoms with Crippen LogP contribution in [0.15, 0.2) is 16.6 Å². The lowest BCUT2D eigenvalue weighted by atomic mass is 9.94. The van der Waals surface area contributed by atoms with E-state index >= 15 is 0 Å². The van der Waals surface area contributed by atoms with E-state index in [1.807, 2.05) is 0 Å². The minimum atomic E-state index is -0.928. The first-order valence-corrected chi connectivity index (χ1v) is 6.77. The first-order valence-electron chi connectivity index (χ1n) is 5.98. The maximum atomic E-state index is 10.7. The van der Waals surface area contributed by atoms with Crippen LogP contribution < -0.4 is 9.47 Å². The zero-order valence-corrected chi connectivity index (χ0v) is 12.0. The molecule has 0 radical (unpaired) electrons. The molecule has 2 N–H and O–H groups in total. The van der Waals surface area contributed by atoms with Gasteiger partial charge in [0.05, 0.1) is 17.0 Å². The van der Waals surface area contributed by atoms with Gasteiger partial charge in [0.25, 0.3) is 0 Å². The predicted molar refractivity (Wildman–Crippen MR) is 71.5 cm³/mol. The number of fused-ring (bicyclic) bond motifs is 1. The van der Waals surface area contributed by atoms with Gasteiger partial charge in [-0.05, 0) is 39.5 Å². The van der Waals surface area contributed by atoms with Crippen molar-refractivity contribution in [2.24, 2.45) is 5.92 Å². The number of aliphatic carboxylic acids is 1. The lowest BCUT2D eigenvalue weighted by Gasteiger charge is -2.23. The third-order valence-electron chi connectivity index (χ3n) is 3.00. The highest BCUT2D eigenvalue weighted by atomic mass is 79.9. The summed E-state index contributed by atoms with van der Waals surface area (Å²) in [6, 6.07) is 3.43. The van der Waals surface area contributed by atoms with Crippen molar-refractivity contribution in [2.45, 2.75) is 19.4 Å². The van der Waals surface area contributed by atoms with Gasteiger partial charge in [0, 0.05) is 0 Å². The summed E-state index contributed by atoms with van der Waals surface area (Å²) >= 11 is 3.37. The molecule has 104 valence electrons. The third kappa shape index (κ3) is 3.19. The fourth-order valence-corrected chi connectivity index (χ4v) is 2.59. The quantitative estimate of drug-likeness (QED) is 0.886. The summed E-state index contributed by atoms with van der Waals surface area (Å²) < 4.78 is 11.6. The number of ether oxygens (including phenoxy) is 2. The molecule has 2 rings (SSSR count). The van der Waals surface area contributed by atoms with E-state index in [0.29, 0.717) is 34.7 Å². The summed E-state index contributed by atoms with van der Waals surface area (Å²) in [6.07, 6.45) is -0.948. The molecule has 1 heterocycles. The molecule has 5 nitrogen and oxygen atoms in total. The molecule has 0 fully saturated rings. The third-order valence-corrected chi connectivity index (χ3v) is 3.59. The van der Waals surface area contributed by atoms with Crippen molar-refractivity contribution in [3.05, 3.63) is 22.2 Å². The number of rotatable bonds is 4. The van der Waals surface area contributed by atoms with Crippen LogP contribution >= 0.6 is 15.9 Å². The Morgan fingerprint density at radius 1 is 1.42 bits per heavy atom. The normalized spacial score (nSPS) is 16.8. The van der Waals surface area contributed by atoms with Crippen LogP contribution in [0.5, 0.6) is 11.5 Å². The maximum absolute atomic E-state index is 10.7. The van der Waals surface area contributed by atoms with Crippen LogP contribution in [0.4, 0.5) is 0 Å². The van der Waals surface area contributed by atoms with Crippen molar-refractivity contribution in [2.75, 3.05) is 13.2 Å². The Bertz CT molecular complexity index is 488. The summed E-state index contributed by atoms with van der Waals surface area (Å²) in [5, 5.41) is 18.9. The summed E-state index contributed by atoms with van der Waals surface area (Å²) in [6.45, 7) is 2.65. The van der Waals surface area contributed by atoms with E-state index in [4.69, 9.17) is 14.6 Å².